The number of aryl methyl sites for hydroxylation is 2. The van der Waals surface area contributed by atoms with Gasteiger partial charge in [0.1, 0.15) is 10.2 Å². The third-order valence-electron chi connectivity index (χ3n) is 5.15. The van der Waals surface area contributed by atoms with Crippen LogP contribution in [-0.4, -0.2) is 47.7 Å². The van der Waals surface area contributed by atoms with Crippen LogP contribution < -0.4 is 4.72 Å². The molecule has 3 aromatic rings. The second kappa shape index (κ2) is 8.28. The van der Waals surface area contributed by atoms with E-state index >= 15 is 0 Å². The number of nitrogens with one attached hydrogen (secondary N) is 1. The summed E-state index contributed by atoms with van der Waals surface area (Å²) in [5, 5.41) is 10.2. The first-order valence-electron chi connectivity index (χ1n) is 9.33. The number of amides is 1. The molecule has 162 valence electrons. The van der Waals surface area contributed by atoms with Gasteiger partial charge in [0.2, 0.25) is 0 Å². The van der Waals surface area contributed by atoms with Gasteiger partial charge in [0.05, 0.1) is 16.2 Å². The zero-order valence-corrected chi connectivity index (χ0v) is 20.6. The highest BCUT2D eigenvalue weighted by Crippen LogP contribution is 2.58. The minimum absolute atomic E-state index is 0.128. The number of aromatic nitrogens is 5. The fraction of sp³-hybridized carbons (Fsp3) is 0.400. The number of hydrogen-bond acceptors (Lipinski definition) is 5. The molecule has 0 aliphatic carbocycles. The first kappa shape index (κ1) is 22.7. The summed E-state index contributed by atoms with van der Waals surface area (Å²) >= 11 is 7.53. The van der Waals surface area contributed by atoms with E-state index in [1.54, 1.807) is 21.5 Å². The van der Waals surface area contributed by atoms with Crippen molar-refractivity contribution < 1.29 is 4.79 Å². The predicted octanol–water partition coefficient (Wildman–Crippen LogP) is 4.62. The number of halogens is 1. The van der Waals surface area contributed by atoms with E-state index in [-0.39, 0.29) is 15.8 Å². The van der Waals surface area contributed by atoms with Crippen LogP contribution in [0.15, 0.2) is 40.5 Å². The average molecular weight is 467 g/mol. The fourth-order valence-corrected chi connectivity index (χ4v) is 4.84. The maximum atomic E-state index is 12.5. The Morgan fingerprint density at radius 3 is 2.47 bits per heavy atom. The maximum absolute atomic E-state index is 12.5. The Bertz CT molecular complexity index is 1080. The lowest BCUT2D eigenvalue weighted by atomic mass is 10.3. The van der Waals surface area contributed by atoms with E-state index in [4.69, 9.17) is 16.7 Å². The van der Waals surface area contributed by atoms with E-state index in [1.165, 1.54) is 11.9 Å². The lowest BCUT2D eigenvalue weighted by molar-refractivity contribution is 0.0984. The van der Waals surface area contributed by atoms with E-state index < -0.39 is 10.0 Å². The number of carbonyl (C=O) groups is 1. The van der Waals surface area contributed by atoms with Gasteiger partial charge in [-0.1, -0.05) is 32.4 Å². The molecule has 0 saturated carbocycles. The molecule has 3 heterocycles. The quantitative estimate of drug-likeness (QED) is 0.438. The summed E-state index contributed by atoms with van der Waals surface area (Å²) in [6, 6.07) is 5.44. The van der Waals surface area contributed by atoms with Crippen molar-refractivity contribution in [1.82, 2.24) is 29.3 Å². The van der Waals surface area contributed by atoms with Gasteiger partial charge in [0.25, 0.3) is 5.91 Å². The van der Waals surface area contributed by atoms with Crippen molar-refractivity contribution in [3.8, 4) is 5.82 Å². The molecule has 1 amide bonds. The third kappa shape index (κ3) is 4.53. The van der Waals surface area contributed by atoms with Gasteiger partial charge in [-0.05, 0) is 54.3 Å². The van der Waals surface area contributed by atoms with Crippen LogP contribution in [0.3, 0.4) is 0 Å². The monoisotopic (exact) mass is 466 g/mol. The van der Waals surface area contributed by atoms with Gasteiger partial charge in [-0.15, -0.1) is 0 Å². The lowest BCUT2D eigenvalue weighted by Gasteiger charge is -2.42. The highest BCUT2D eigenvalue weighted by molar-refractivity contribution is 8.33. The van der Waals surface area contributed by atoms with Crippen molar-refractivity contribution in [3.05, 3.63) is 47.0 Å². The second-order valence-electron chi connectivity index (χ2n) is 8.33. The van der Waals surface area contributed by atoms with Crippen molar-refractivity contribution in [2.75, 3.05) is 12.5 Å². The van der Waals surface area contributed by atoms with Gasteiger partial charge < -0.3 is 0 Å². The molecule has 0 aromatic carbocycles. The molecule has 0 aliphatic rings. The molecule has 0 radical (unpaired) electrons. The Balaban J connectivity index is 1.77. The van der Waals surface area contributed by atoms with Crippen LogP contribution >= 0.6 is 33.6 Å². The van der Waals surface area contributed by atoms with Crippen LogP contribution in [0.4, 0.5) is 0 Å². The molecule has 3 rings (SSSR count). The van der Waals surface area contributed by atoms with Crippen molar-refractivity contribution in [2.45, 2.75) is 42.4 Å². The van der Waals surface area contributed by atoms with Crippen molar-refractivity contribution >= 4 is 39.5 Å². The summed E-state index contributed by atoms with van der Waals surface area (Å²) in [6.07, 6.45) is 8.25. The van der Waals surface area contributed by atoms with Crippen LogP contribution in [0.2, 0.25) is 5.15 Å². The average Bonchev–Trinajstić information content (AvgIpc) is 3.25. The van der Waals surface area contributed by atoms with Gasteiger partial charge >= 0.3 is 0 Å². The molecule has 0 aliphatic heterocycles. The Morgan fingerprint density at radius 2 is 1.90 bits per heavy atom. The first-order valence-corrected chi connectivity index (χ1v) is 13.0. The van der Waals surface area contributed by atoms with E-state index in [1.807, 2.05) is 32.4 Å². The Hall–Kier alpha value is -1.97. The second-order valence-corrected chi connectivity index (χ2v) is 13.8. The molecular formula is C20H27ClN6OS2. The van der Waals surface area contributed by atoms with E-state index in [2.05, 4.69) is 48.1 Å². The first-order chi connectivity index (χ1) is 13.9. The van der Waals surface area contributed by atoms with Crippen LogP contribution in [0.5, 0.6) is 0 Å². The van der Waals surface area contributed by atoms with Crippen LogP contribution in [0, 0.1) is 6.92 Å². The van der Waals surface area contributed by atoms with Gasteiger partial charge in [-0.25, -0.2) is 9.67 Å². The molecule has 0 saturated heterocycles. The van der Waals surface area contributed by atoms with Gasteiger partial charge in [-0.2, -0.15) is 20.2 Å². The maximum Gasteiger partial charge on any atom is 0.264 e. The smallest absolute Gasteiger partial charge is 0.264 e. The van der Waals surface area contributed by atoms with Crippen LogP contribution in [0.1, 0.15) is 36.8 Å². The summed E-state index contributed by atoms with van der Waals surface area (Å²) in [4.78, 5) is 17.8. The van der Waals surface area contributed by atoms with E-state index in [0.717, 1.165) is 15.6 Å². The van der Waals surface area contributed by atoms with Gasteiger partial charge in [-0.3, -0.25) is 14.2 Å². The summed E-state index contributed by atoms with van der Waals surface area (Å²) in [5.74, 6) is 0.259. The lowest BCUT2D eigenvalue weighted by Crippen LogP contribution is -2.23. The number of nitrogens with zero attached hydrogens (tertiary/aromatic N) is 5. The molecule has 30 heavy (non-hydrogen) atoms. The standard InChI is InChI=1S/C20H27ClN6OS2/c1-13-15(12-26(5)23-13)29-25-19(28)14-8-9-16(22-18(14)21)27-11-10-17(24-27)30(6,7)20(2,3)4/h8-12H,1-7H3,(H,25,28). The predicted molar refractivity (Wildman–Crippen MR) is 125 cm³/mol. The molecule has 7 nitrogen and oxygen atoms in total. The summed E-state index contributed by atoms with van der Waals surface area (Å²) in [5.41, 5.74) is 1.15. The Morgan fingerprint density at radius 1 is 1.20 bits per heavy atom. The van der Waals surface area contributed by atoms with Crippen LogP contribution in [-0.2, 0) is 7.05 Å². The van der Waals surface area contributed by atoms with E-state index in [0.29, 0.717) is 11.4 Å². The Kier molecular flexibility index (Phi) is 6.27. The zero-order valence-electron chi connectivity index (χ0n) is 18.2. The zero-order chi connectivity index (χ0) is 22.3. The minimum atomic E-state index is -1.10. The summed E-state index contributed by atoms with van der Waals surface area (Å²) in [6.45, 7) is 8.58. The summed E-state index contributed by atoms with van der Waals surface area (Å²) < 4.78 is 6.33. The normalized spacial score (nSPS) is 12.8. The molecule has 10 heteroatoms. The third-order valence-corrected chi connectivity index (χ3v) is 10.7. The fourth-order valence-electron chi connectivity index (χ4n) is 2.58. The van der Waals surface area contributed by atoms with Crippen molar-refractivity contribution in [3.63, 3.8) is 0 Å². The molecule has 1 N–H and O–H groups in total. The Labute approximate surface area is 188 Å². The SMILES string of the molecule is Cc1nn(C)cc1SNC(=O)c1ccc(-n2ccc(S(C)(C)C(C)(C)C)n2)nc1Cl. The minimum Gasteiger partial charge on any atom is -0.292 e. The number of hydrogen-bond donors (Lipinski definition) is 1. The van der Waals surface area contributed by atoms with Crippen LogP contribution in [0.25, 0.3) is 5.82 Å². The molecular weight excluding hydrogens is 440 g/mol. The van der Waals surface area contributed by atoms with Crippen molar-refractivity contribution in [2.24, 2.45) is 7.05 Å². The molecule has 0 bridgehead atoms. The van der Waals surface area contributed by atoms with E-state index in [9.17, 15) is 4.79 Å². The molecule has 0 fully saturated rings. The molecule has 0 unspecified atom stereocenters. The van der Waals surface area contributed by atoms with Gasteiger partial charge in [0.15, 0.2) is 5.82 Å². The highest BCUT2D eigenvalue weighted by Gasteiger charge is 2.31. The van der Waals surface area contributed by atoms with Crippen molar-refractivity contribution in [1.29, 1.82) is 0 Å². The number of rotatable bonds is 5. The number of carbonyl (C=O) groups excluding carboxylic acids is 1. The largest absolute Gasteiger partial charge is 0.292 e. The molecule has 0 atom stereocenters. The molecule has 3 aromatic heterocycles. The number of pyridine rings is 1. The molecule has 0 spiro atoms. The summed E-state index contributed by atoms with van der Waals surface area (Å²) in [7, 11) is 0.739. The van der Waals surface area contributed by atoms with Gasteiger partial charge in [0, 0.05) is 19.4 Å². The topological polar surface area (TPSA) is 77.6 Å². The highest BCUT2D eigenvalue weighted by atomic mass is 35.5.